The van der Waals surface area contributed by atoms with Crippen molar-refractivity contribution in [1.29, 1.82) is 0 Å². The van der Waals surface area contributed by atoms with Crippen LogP contribution in [0.1, 0.15) is 5.56 Å². The maximum Gasteiger partial charge on any atom is 0.201 e. The fourth-order valence-corrected chi connectivity index (χ4v) is 3.02. The minimum Gasteiger partial charge on any atom is -0.369 e. The summed E-state index contributed by atoms with van der Waals surface area (Å²) in [5, 5.41) is 0. The summed E-state index contributed by atoms with van der Waals surface area (Å²) in [4.78, 5) is 4.29. The molecule has 0 spiro atoms. The third kappa shape index (κ3) is 2.54. The van der Waals surface area contributed by atoms with Crippen molar-refractivity contribution in [2.75, 3.05) is 5.73 Å². The topological polar surface area (TPSA) is 43.8 Å². The van der Waals surface area contributed by atoms with E-state index in [0.717, 1.165) is 10.0 Å². The maximum atomic E-state index is 13.7. The predicted molar refractivity (Wildman–Crippen MR) is 90.1 cm³/mol. The number of nitrogens with zero attached hydrogens (tertiary/aromatic N) is 2. The van der Waals surface area contributed by atoms with Crippen LogP contribution in [0, 0.1) is 9.39 Å². The van der Waals surface area contributed by atoms with Crippen LogP contribution in [0.25, 0.3) is 11.0 Å². The molecule has 0 aliphatic rings. The van der Waals surface area contributed by atoms with E-state index < -0.39 is 0 Å². The zero-order valence-electron chi connectivity index (χ0n) is 10.3. The van der Waals surface area contributed by atoms with Gasteiger partial charge in [0.05, 0.1) is 21.1 Å². The van der Waals surface area contributed by atoms with Crippen LogP contribution in [0.2, 0.25) is 0 Å². The number of fused-ring (bicyclic) bond motifs is 1. The summed E-state index contributed by atoms with van der Waals surface area (Å²) in [6.45, 7) is 0.557. The third-order valence-corrected chi connectivity index (χ3v) is 4.37. The molecule has 0 fully saturated rings. The van der Waals surface area contributed by atoms with Crippen molar-refractivity contribution in [3.63, 3.8) is 0 Å². The van der Waals surface area contributed by atoms with Crippen LogP contribution in [-0.2, 0) is 6.54 Å². The molecule has 2 aromatic carbocycles. The Bertz CT molecular complexity index is 800. The highest BCUT2D eigenvalue weighted by Gasteiger charge is 2.12. The smallest absolute Gasteiger partial charge is 0.201 e. The van der Waals surface area contributed by atoms with E-state index in [0.29, 0.717) is 27.1 Å². The Kier molecular flexibility index (Phi) is 3.68. The van der Waals surface area contributed by atoms with E-state index in [1.165, 1.54) is 6.07 Å². The van der Waals surface area contributed by atoms with Crippen LogP contribution in [-0.4, -0.2) is 9.55 Å². The molecule has 0 amide bonds. The molecule has 1 aromatic heterocycles. The first kappa shape index (κ1) is 13.8. The lowest BCUT2D eigenvalue weighted by atomic mass is 10.2. The quantitative estimate of drug-likeness (QED) is 0.601. The summed E-state index contributed by atoms with van der Waals surface area (Å²) in [5.41, 5.74) is 8.45. The number of nitrogens with two attached hydrogens (primary N) is 1. The molecule has 0 aliphatic heterocycles. The SMILES string of the molecule is Nc1nc2cc(I)c(F)cc2n1Cc1cccc(Br)c1. The summed E-state index contributed by atoms with van der Waals surface area (Å²) in [7, 11) is 0. The maximum absolute atomic E-state index is 13.7. The fraction of sp³-hybridized carbons (Fsp3) is 0.0714. The van der Waals surface area contributed by atoms with E-state index in [9.17, 15) is 4.39 Å². The Morgan fingerprint density at radius 1 is 1.30 bits per heavy atom. The molecule has 0 bridgehead atoms. The first-order chi connectivity index (χ1) is 9.54. The van der Waals surface area contributed by atoms with E-state index >= 15 is 0 Å². The molecule has 6 heteroatoms. The number of rotatable bonds is 2. The van der Waals surface area contributed by atoms with Gasteiger partial charge in [-0.2, -0.15) is 0 Å². The van der Waals surface area contributed by atoms with Crippen LogP contribution in [0.3, 0.4) is 0 Å². The van der Waals surface area contributed by atoms with E-state index in [1.54, 1.807) is 6.07 Å². The number of hydrogen-bond acceptors (Lipinski definition) is 2. The zero-order chi connectivity index (χ0) is 14.3. The van der Waals surface area contributed by atoms with Crippen LogP contribution < -0.4 is 5.73 Å². The van der Waals surface area contributed by atoms with Crippen molar-refractivity contribution >= 4 is 55.5 Å². The molecule has 0 unspecified atom stereocenters. The molecule has 0 aliphatic carbocycles. The first-order valence-electron chi connectivity index (χ1n) is 5.90. The van der Waals surface area contributed by atoms with Gasteiger partial charge in [-0.25, -0.2) is 9.37 Å². The normalized spacial score (nSPS) is 11.2. The number of halogens is 3. The van der Waals surface area contributed by atoms with Crippen LogP contribution in [0.4, 0.5) is 10.3 Å². The van der Waals surface area contributed by atoms with Gasteiger partial charge < -0.3 is 10.3 Å². The lowest BCUT2D eigenvalue weighted by Crippen LogP contribution is -2.04. The zero-order valence-corrected chi connectivity index (χ0v) is 14.0. The standard InChI is InChI=1S/C14H10BrFIN3/c15-9-3-1-2-8(4-9)7-20-13-5-10(16)11(17)6-12(13)19-14(20)18/h1-6H,7H2,(H2,18,19). The molecule has 20 heavy (non-hydrogen) atoms. The Morgan fingerprint density at radius 2 is 2.10 bits per heavy atom. The van der Waals surface area contributed by atoms with Crippen LogP contribution in [0.15, 0.2) is 40.9 Å². The van der Waals surface area contributed by atoms with Crippen LogP contribution in [0.5, 0.6) is 0 Å². The monoisotopic (exact) mass is 445 g/mol. The molecule has 0 saturated carbocycles. The van der Waals surface area contributed by atoms with E-state index in [-0.39, 0.29) is 5.82 Å². The minimum absolute atomic E-state index is 0.256. The molecule has 0 atom stereocenters. The highest BCUT2D eigenvalue weighted by molar-refractivity contribution is 14.1. The number of anilines is 1. The van der Waals surface area contributed by atoms with Crippen molar-refractivity contribution < 1.29 is 4.39 Å². The molecule has 102 valence electrons. The fourth-order valence-electron chi connectivity index (χ4n) is 2.12. The Labute approximate surface area is 137 Å². The van der Waals surface area contributed by atoms with Gasteiger partial charge in [0.1, 0.15) is 5.82 Å². The molecule has 3 nitrogen and oxygen atoms in total. The largest absolute Gasteiger partial charge is 0.369 e. The summed E-state index contributed by atoms with van der Waals surface area (Å²) < 4.78 is 17.1. The first-order valence-corrected chi connectivity index (χ1v) is 7.77. The summed E-state index contributed by atoms with van der Waals surface area (Å²) in [6.07, 6.45) is 0. The summed E-state index contributed by atoms with van der Waals surface area (Å²) in [5.74, 6) is 0.134. The average molecular weight is 446 g/mol. The second kappa shape index (κ2) is 5.33. The second-order valence-corrected chi connectivity index (χ2v) is 6.52. The molecule has 0 saturated heterocycles. The number of hydrogen-bond donors (Lipinski definition) is 1. The van der Waals surface area contributed by atoms with Gasteiger partial charge in [-0.05, 0) is 46.4 Å². The number of benzene rings is 2. The van der Waals surface area contributed by atoms with Gasteiger partial charge in [0.2, 0.25) is 5.95 Å². The Hall–Kier alpha value is -1.15. The molecule has 2 N–H and O–H groups in total. The lowest BCUT2D eigenvalue weighted by molar-refractivity contribution is 0.621. The van der Waals surface area contributed by atoms with Crippen molar-refractivity contribution in [1.82, 2.24) is 9.55 Å². The highest BCUT2D eigenvalue weighted by Crippen LogP contribution is 2.24. The van der Waals surface area contributed by atoms with Gasteiger partial charge in [0.25, 0.3) is 0 Å². The second-order valence-electron chi connectivity index (χ2n) is 4.44. The van der Waals surface area contributed by atoms with Crippen molar-refractivity contribution in [3.05, 3.63) is 55.8 Å². The third-order valence-electron chi connectivity index (χ3n) is 3.05. The van der Waals surface area contributed by atoms with Crippen molar-refractivity contribution in [3.8, 4) is 0 Å². The summed E-state index contributed by atoms with van der Waals surface area (Å²) in [6, 6.07) is 11.1. The van der Waals surface area contributed by atoms with Crippen LogP contribution >= 0.6 is 38.5 Å². The molecular formula is C14H10BrFIN3. The number of aromatic nitrogens is 2. The number of imidazole rings is 1. The van der Waals surface area contributed by atoms with Gasteiger partial charge in [-0.3, -0.25) is 0 Å². The summed E-state index contributed by atoms with van der Waals surface area (Å²) >= 11 is 5.39. The average Bonchev–Trinajstić information content (AvgIpc) is 2.67. The Balaban J connectivity index is 2.11. The molecular weight excluding hydrogens is 436 g/mol. The molecule has 0 radical (unpaired) electrons. The molecule has 3 aromatic rings. The molecule has 3 rings (SSSR count). The van der Waals surface area contributed by atoms with Crippen molar-refractivity contribution in [2.45, 2.75) is 6.54 Å². The minimum atomic E-state index is -0.256. The predicted octanol–water partition coefficient (Wildman–Crippen LogP) is 4.17. The van der Waals surface area contributed by atoms with Gasteiger partial charge >= 0.3 is 0 Å². The highest BCUT2D eigenvalue weighted by atomic mass is 127. The van der Waals surface area contributed by atoms with Gasteiger partial charge in [-0.15, -0.1) is 0 Å². The van der Waals surface area contributed by atoms with E-state index in [2.05, 4.69) is 20.9 Å². The van der Waals surface area contributed by atoms with E-state index in [4.69, 9.17) is 5.73 Å². The van der Waals surface area contributed by atoms with E-state index in [1.807, 2.05) is 51.4 Å². The molecule has 1 heterocycles. The van der Waals surface area contributed by atoms with Crippen molar-refractivity contribution in [2.24, 2.45) is 0 Å². The van der Waals surface area contributed by atoms with Gasteiger partial charge in [-0.1, -0.05) is 28.1 Å². The Morgan fingerprint density at radius 3 is 2.85 bits per heavy atom. The van der Waals surface area contributed by atoms with Gasteiger partial charge in [0.15, 0.2) is 0 Å². The lowest BCUT2D eigenvalue weighted by Gasteiger charge is -2.07. The van der Waals surface area contributed by atoms with Gasteiger partial charge in [0, 0.05) is 10.5 Å². The number of nitrogen functional groups attached to an aromatic ring is 1.